The van der Waals surface area contributed by atoms with E-state index in [1.807, 2.05) is 0 Å². The number of ether oxygens (including phenoxy) is 1. The van der Waals surface area contributed by atoms with Crippen molar-refractivity contribution in [3.8, 4) is 0 Å². The summed E-state index contributed by atoms with van der Waals surface area (Å²) in [6.45, 7) is 3.78. The van der Waals surface area contributed by atoms with Gasteiger partial charge in [-0.05, 0) is 37.1 Å². The number of amides is 2. The predicted octanol–water partition coefficient (Wildman–Crippen LogP) is 2.19. The number of nitrogens with zero attached hydrogens (tertiary/aromatic N) is 1. The molecule has 0 bridgehead atoms. The van der Waals surface area contributed by atoms with Gasteiger partial charge in [0, 0.05) is 31.8 Å². The molecule has 2 amide bonds. The maximum atomic E-state index is 12.2. The summed E-state index contributed by atoms with van der Waals surface area (Å²) in [7, 11) is 1.66. The lowest BCUT2D eigenvalue weighted by Gasteiger charge is -2.17. The molecule has 0 saturated carbocycles. The van der Waals surface area contributed by atoms with Crippen LogP contribution in [-0.4, -0.2) is 48.8 Å². The van der Waals surface area contributed by atoms with Crippen molar-refractivity contribution in [2.24, 2.45) is 5.92 Å². The largest absolute Gasteiger partial charge is 0.478 e. The molecule has 0 spiro atoms. The van der Waals surface area contributed by atoms with Gasteiger partial charge in [-0.15, -0.1) is 0 Å². The topological polar surface area (TPSA) is 78.9 Å². The minimum atomic E-state index is -0.965. The van der Waals surface area contributed by atoms with Gasteiger partial charge in [-0.3, -0.25) is 0 Å². The van der Waals surface area contributed by atoms with Crippen LogP contribution in [0, 0.1) is 12.8 Å². The predicted molar refractivity (Wildman–Crippen MR) is 78.7 cm³/mol. The van der Waals surface area contributed by atoms with Gasteiger partial charge in [0.05, 0.1) is 12.2 Å². The lowest BCUT2D eigenvalue weighted by atomic mass is 10.1. The molecular formula is C15H20N2O4. The highest BCUT2D eigenvalue weighted by atomic mass is 16.5. The molecule has 1 aliphatic heterocycles. The summed E-state index contributed by atoms with van der Waals surface area (Å²) in [5, 5.41) is 11.8. The Balaban J connectivity index is 1.97. The fourth-order valence-corrected chi connectivity index (χ4v) is 2.57. The van der Waals surface area contributed by atoms with Crippen LogP contribution < -0.4 is 5.32 Å². The average Bonchev–Trinajstić information content (AvgIpc) is 2.87. The SMILES string of the molecule is COCC1CCN(C(=O)Nc2ccc(C(=O)O)c(C)c2)C1. The molecule has 114 valence electrons. The van der Waals surface area contributed by atoms with Crippen LogP contribution in [0.25, 0.3) is 0 Å². The molecule has 1 aromatic rings. The molecule has 1 aromatic carbocycles. The van der Waals surface area contributed by atoms with Gasteiger partial charge in [0.2, 0.25) is 0 Å². The number of nitrogens with one attached hydrogen (secondary N) is 1. The Morgan fingerprint density at radius 2 is 2.24 bits per heavy atom. The molecule has 2 rings (SSSR count). The van der Waals surface area contributed by atoms with E-state index in [4.69, 9.17) is 9.84 Å². The van der Waals surface area contributed by atoms with Crippen molar-refractivity contribution in [2.75, 3.05) is 32.1 Å². The minimum Gasteiger partial charge on any atom is -0.478 e. The first-order valence-corrected chi connectivity index (χ1v) is 6.90. The molecule has 0 radical (unpaired) electrons. The number of aromatic carboxylic acids is 1. The van der Waals surface area contributed by atoms with E-state index >= 15 is 0 Å². The monoisotopic (exact) mass is 292 g/mol. The van der Waals surface area contributed by atoms with Gasteiger partial charge < -0.3 is 20.1 Å². The van der Waals surface area contributed by atoms with Crippen molar-refractivity contribution in [1.82, 2.24) is 4.90 Å². The van der Waals surface area contributed by atoms with E-state index < -0.39 is 5.97 Å². The Morgan fingerprint density at radius 3 is 2.86 bits per heavy atom. The number of hydrogen-bond acceptors (Lipinski definition) is 3. The highest BCUT2D eigenvalue weighted by molar-refractivity contribution is 5.92. The standard InChI is InChI=1S/C15H20N2O4/c1-10-7-12(3-4-13(10)14(18)19)16-15(20)17-6-5-11(8-17)9-21-2/h3-4,7,11H,5-6,8-9H2,1-2H3,(H,16,20)(H,18,19). The van der Waals surface area contributed by atoms with Gasteiger partial charge in [0.15, 0.2) is 0 Å². The van der Waals surface area contributed by atoms with E-state index in [-0.39, 0.29) is 11.6 Å². The van der Waals surface area contributed by atoms with Crippen LogP contribution in [0.3, 0.4) is 0 Å². The molecule has 6 nitrogen and oxygen atoms in total. The van der Waals surface area contributed by atoms with Crippen LogP contribution >= 0.6 is 0 Å². The van der Waals surface area contributed by atoms with Crippen molar-refractivity contribution >= 4 is 17.7 Å². The second kappa shape index (κ2) is 6.58. The Morgan fingerprint density at radius 1 is 1.48 bits per heavy atom. The summed E-state index contributed by atoms with van der Waals surface area (Å²) in [6, 6.07) is 4.63. The molecule has 6 heteroatoms. The van der Waals surface area contributed by atoms with Crippen LogP contribution in [0.2, 0.25) is 0 Å². The van der Waals surface area contributed by atoms with Gasteiger partial charge in [-0.2, -0.15) is 0 Å². The molecule has 1 heterocycles. The zero-order chi connectivity index (χ0) is 15.4. The summed E-state index contributed by atoms with van der Waals surface area (Å²) >= 11 is 0. The highest BCUT2D eigenvalue weighted by Gasteiger charge is 2.26. The average molecular weight is 292 g/mol. The van der Waals surface area contributed by atoms with Crippen LogP contribution in [0.15, 0.2) is 18.2 Å². The number of methoxy groups -OCH3 is 1. The quantitative estimate of drug-likeness (QED) is 0.891. The number of carbonyl (C=O) groups excluding carboxylic acids is 1. The number of aryl methyl sites for hydroxylation is 1. The van der Waals surface area contributed by atoms with E-state index in [9.17, 15) is 9.59 Å². The lowest BCUT2D eigenvalue weighted by molar-refractivity contribution is 0.0696. The maximum Gasteiger partial charge on any atom is 0.335 e. The first-order chi connectivity index (χ1) is 10.0. The summed E-state index contributed by atoms with van der Waals surface area (Å²) in [6.07, 6.45) is 0.943. The number of carboxylic acid groups (broad SMARTS) is 1. The van der Waals surface area contributed by atoms with Gasteiger partial charge in [-0.25, -0.2) is 9.59 Å². The number of carbonyl (C=O) groups is 2. The molecule has 1 unspecified atom stereocenters. The van der Waals surface area contributed by atoms with Crippen LogP contribution in [0.1, 0.15) is 22.3 Å². The van der Waals surface area contributed by atoms with Gasteiger partial charge >= 0.3 is 12.0 Å². The van der Waals surface area contributed by atoms with Crippen LogP contribution in [-0.2, 0) is 4.74 Å². The third-order valence-corrected chi connectivity index (χ3v) is 3.68. The third kappa shape index (κ3) is 3.72. The molecule has 1 fully saturated rings. The van der Waals surface area contributed by atoms with E-state index in [0.717, 1.165) is 6.42 Å². The maximum absolute atomic E-state index is 12.2. The Bertz CT molecular complexity index is 544. The van der Waals surface area contributed by atoms with E-state index in [1.165, 1.54) is 6.07 Å². The zero-order valence-corrected chi connectivity index (χ0v) is 12.3. The molecule has 21 heavy (non-hydrogen) atoms. The summed E-state index contributed by atoms with van der Waals surface area (Å²) in [5.74, 6) is -0.579. The summed E-state index contributed by atoms with van der Waals surface area (Å²) < 4.78 is 5.11. The fraction of sp³-hybridized carbons (Fsp3) is 0.467. The second-order valence-corrected chi connectivity index (χ2v) is 5.32. The van der Waals surface area contributed by atoms with E-state index in [2.05, 4.69) is 5.32 Å². The lowest BCUT2D eigenvalue weighted by Crippen LogP contribution is -2.33. The molecule has 1 saturated heterocycles. The zero-order valence-electron chi connectivity index (χ0n) is 12.3. The number of hydrogen-bond donors (Lipinski definition) is 2. The van der Waals surface area contributed by atoms with Crippen LogP contribution in [0.4, 0.5) is 10.5 Å². The highest BCUT2D eigenvalue weighted by Crippen LogP contribution is 2.19. The Hall–Kier alpha value is -2.08. The molecule has 2 N–H and O–H groups in total. The van der Waals surface area contributed by atoms with Gasteiger partial charge in [-0.1, -0.05) is 0 Å². The van der Waals surface area contributed by atoms with Gasteiger partial charge in [0.1, 0.15) is 0 Å². The van der Waals surface area contributed by atoms with Gasteiger partial charge in [0.25, 0.3) is 0 Å². The van der Waals surface area contributed by atoms with Crippen molar-refractivity contribution < 1.29 is 19.4 Å². The number of anilines is 1. The molecule has 0 aliphatic carbocycles. The molecule has 1 aliphatic rings. The molecule has 0 aromatic heterocycles. The number of benzene rings is 1. The summed E-state index contributed by atoms with van der Waals surface area (Å²) in [5.41, 5.74) is 1.48. The number of carboxylic acids is 1. The summed E-state index contributed by atoms with van der Waals surface area (Å²) in [4.78, 5) is 24.9. The van der Waals surface area contributed by atoms with Crippen molar-refractivity contribution in [3.63, 3.8) is 0 Å². The molecular weight excluding hydrogens is 272 g/mol. The number of likely N-dealkylation sites (tertiary alicyclic amines) is 1. The van der Waals surface area contributed by atoms with Crippen molar-refractivity contribution in [2.45, 2.75) is 13.3 Å². The number of urea groups is 1. The Labute approximate surface area is 123 Å². The third-order valence-electron chi connectivity index (χ3n) is 3.68. The molecule has 1 atom stereocenters. The number of rotatable bonds is 4. The second-order valence-electron chi connectivity index (χ2n) is 5.32. The fourth-order valence-electron chi connectivity index (χ4n) is 2.57. The Kier molecular flexibility index (Phi) is 4.80. The smallest absolute Gasteiger partial charge is 0.335 e. The normalized spacial score (nSPS) is 17.8. The van der Waals surface area contributed by atoms with E-state index in [1.54, 1.807) is 31.1 Å². The first kappa shape index (κ1) is 15.3. The van der Waals surface area contributed by atoms with Crippen LogP contribution in [0.5, 0.6) is 0 Å². The van der Waals surface area contributed by atoms with Crippen molar-refractivity contribution in [1.29, 1.82) is 0 Å². The minimum absolute atomic E-state index is 0.156. The van der Waals surface area contributed by atoms with Crippen molar-refractivity contribution in [3.05, 3.63) is 29.3 Å². The van der Waals surface area contributed by atoms with E-state index in [0.29, 0.717) is 36.9 Å². The first-order valence-electron chi connectivity index (χ1n) is 6.90.